The van der Waals surface area contributed by atoms with E-state index in [0.717, 1.165) is 5.75 Å². The average molecular weight is 209 g/mol. The summed E-state index contributed by atoms with van der Waals surface area (Å²) in [7, 11) is 1.42. The lowest BCUT2D eigenvalue weighted by atomic mass is 10.3. The Bertz CT molecular complexity index is 287. The van der Waals surface area contributed by atoms with Crippen molar-refractivity contribution in [1.82, 2.24) is 5.48 Å². The molecule has 1 rings (SSSR count). The molecule has 0 aromatic heterocycles. The largest absolute Gasteiger partial charge is 0.494 e. The number of ether oxygens (including phenoxy) is 1. The molecule has 0 fully saturated rings. The van der Waals surface area contributed by atoms with E-state index in [4.69, 9.17) is 4.74 Å². The van der Waals surface area contributed by atoms with Gasteiger partial charge < -0.3 is 4.74 Å². The van der Waals surface area contributed by atoms with E-state index in [9.17, 15) is 4.79 Å². The van der Waals surface area contributed by atoms with Gasteiger partial charge in [0.1, 0.15) is 5.75 Å². The Morgan fingerprint density at radius 2 is 2.07 bits per heavy atom. The van der Waals surface area contributed by atoms with Gasteiger partial charge in [0.2, 0.25) is 5.91 Å². The van der Waals surface area contributed by atoms with Gasteiger partial charge in [-0.05, 0) is 18.6 Å². The lowest BCUT2D eigenvalue weighted by Crippen LogP contribution is -2.21. The van der Waals surface area contributed by atoms with E-state index in [1.165, 1.54) is 7.11 Å². The summed E-state index contributed by atoms with van der Waals surface area (Å²) in [5.74, 6) is 0.693. The Hall–Kier alpha value is -1.55. The number of hydroxylamine groups is 1. The summed E-state index contributed by atoms with van der Waals surface area (Å²) in [5, 5.41) is 0. The summed E-state index contributed by atoms with van der Waals surface area (Å²) in [4.78, 5) is 15.4. The van der Waals surface area contributed by atoms with Gasteiger partial charge >= 0.3 is 0 Å². The number of benzene rings is 1. The fraction of sp³-hybridized carbons (Fsp3) is 0.364. The minimum absolute atomic E-state index is 0.130. The number of amides is 1. The molecule has 0 spiro atoms. The predicted octanol–water partition coefficient (Wildman–Crippen LogP) is 1.52. The standard InChI is InChI=1S/C11H15NO3/c1-14-12-11(13)8-5-9-15-10-6-3-2-4-7-10/h2-4,6-7H,5,8-9H2,1H3,(H,12,13). The maximum Gasteiger partial charge on any atom is 0.243 e. The van der Waals surface area contributed by atoms with Crippen LogP contribution in [0.2, 0.25) is 0 Å². The highest BCUT2D eigenvalue weighted by Gasteiger charge is 1.99. The van der Waals surface area contributed by atoms with E-state index in [-0.39, 0.29) is 5.91 Å². The third-order valence-electron chi connectivity index (χ3n) is 1.78. The van der Waals surface area contributed by atoms with Crippen molar-refractivity contribution in [2.45, 2.75) is 12.8 Å². The molecule has 1 amide bonds. The summed E-state index contributed by atoms with van der Waals surface area (Å²) in [6.07, 6.45) is 1.07. The highest BCUT2D eigenvalue weighted by Crippen LogP contribution is 2.08. The number of carbonyl (C=O) groups is 1. The molecule has 82 valence electrons. The van der Waals surface area contributed by atoms with E-state index in [2.05, 4.69) is 10.3 Å². The van der Waals surface area contributed by atoms with E-state index in [1.54, 1.807) is 0 Å². The van der Waals surface area contributed by atoms with Crippen LogP contribution in [0.5, 0.6) is 5.75 Å². The Kier molecular flexibility index (Phi) is 5.25. The molecule has 0 bridgehead atoms. The van der Waals surface area contributed by atoms with Crippen molar-refractivity contribution < 1.29 is 14.4 Å². The molecule has 1 aromatic rings. The van der Waals surface area contributed by atoms with Crippen LogP contribution in [0.15, 0.2) is 30.3 Å². The van der Waals surface area contributed by atoms with E-state index in [1.807, 2.05) is 30.3 Å². The second-order valence-corrected chi connectivity index (χ2v) is 2.99. The zero-order valence-corrected chi connectivity index (χ0v) is 8.73. The van der Waals surface area contributed by atoms with Gasteiger partial charge in [0, 0.05) is 6.42 Å². The first-order valence-electron chi connectivity index (χ1n) is 4.82. The van der Waals surface area contributed by atoms with Gasteiger partial charge in [-0.25, -0.2) is 5.48 Å². The smallest absolute Gasteiger partial charge is 0.243 e. The van der Waals surface area contributed by atoms with Gasteiger partial charge in [0.25, 0.3) is 0 Å². The fourth-order valence-electron chi connectivity index (χ4n) is 1.10. The summed E-state index contributed by atoms with van der Waals surface area (Å²) < 4.78 is 5.41. The molecule has 4 nitrogen and oxygen atoms in total. The minimum atomic E-state index is -0.130. The SMILES string of the molecule is CONC(=O)CCCOc1ccccc1. The van der Waals surface area contributed by atoms with Crippen LogP contribution in [0.4, 0.5) is 0 Å². The van der Waals surface area contributed by atoms with Crippen LogP contribution in [0.1, 0.15) is 12.8 Å². The molecule has 0 saturated carbocycles. The summed E-state index contributed by atoms with van der Waals surface area (Å²) in [5.41, 5.74) is 2.25. The molecule has 0 atom stereocenters. The van der Waals surface area contributed by atoms with E-state index < -0.39 is 0 Å². The molecule has 0 radical (unpaired) electrons. The van der Waals surface area contributed by atoms with E-state index >= 15 is 0 Å². The third kappa shape index (κ3) is 5.02. The highest BCUT2D eigenvalue weighted by molar-refractivity contribution is 5.74. The molecule has 0 unspecified atom stereocenters. The maximum absolute atomic E-state index is 11.0. The number of carbonyl (C=O) groups excluding carboxylic acids is 1. The summed E-state index contributed by atoms with van der Waals surface area (Å²) in [6.45, 7) is 0.529. The number of para-hydroxylation sites is 1. The normalized spacial score (nSPS) is 9.67. The molecular weight excluding hydrogens is 194 g/mol. The van der Waals surface area contributed by atoms with Crippen molar-refractivity contribution in [3.05, 3.63) is 30.3 Å². The van der Waals surface area contributed by atoms with Crippen LogP contribution in [0.25, 0.3) is 0 Å². The molecule has 15 heavy (non-hydrogen) atoms. The Labute approximate surface area is 89.1 Å². The Morgan fingerprint density at radius 1 is 1.33 bits per heavy atom. The molecule has 1 aromatic carbocycles. The second-order valence-electron chi connectivity index (χ2n) is 2.99. The zero-order chi connectivity index (χ0) is 10.9. The highest BCUT2D eigenvalue weighted by atomic mass is 16.6. The van der Waals surface area contributed by atoms with Crippen LogP contribution in [0, 0.1) is 0 Å². The molecule has 0 aliphatic heterocycles. The van der Waals surface area contributed by atoms with Crippen LogP contribution >= 0.6 is 0 Å². The third-order valence-corrected chi connectivity index (χ3v) is 1.78. The van der Waals surface area contributed by atoms with Crippen molar-refractivity contribution in [2.24, 2.45) is 0 Å². The quantitative estimate of drug-likeness (QED) is 0.571. The first-order chi connectivity index (χ1) is 7.33. The molecule has 0 saturated heterocycles. The van der Waals surface area contributed by atoms with Crippen LogP contribution in [-0.4, -0.2) is 19.6 Å². The second kappa shape index (κ2) is 6.84. The Morgan fingerprint density at radius 3 is 2.73 bits per heavy atom. The minimum Gasteiger partial charge on any atom is -0.494 e. The van der Waals surface area contributed by atoms with Gasteiger partial charge in [0.05, 0.1) is 13.7 Å². The van der Waals surface area contributed by atoms with Gasteiger partial charge in [-0.2, -0.15) is 0 Å². The molecular formula is C11H15NO3. The lowest BCUT2D eigenvalue weighted by Gasteiger charge is -2.05. The van der Waals surface area contributed by atoms with Crippen LogP contribution in [0.3, 0.4) is 0 Å². The molecule has 4 heteroatoms. The summed E-state index contributed by atoms with van der Waals surface area (Å²) in [6, 6.07) is 9.52. The number of nitrogens with one attached hydrogen (secondary N) is 1. The van der Waals surface area contributed by atoms with Crippen molar-refractivity contribution in [3.63, 3.8) is 0 Å². The zero-order valence-electron chi connectivity index (χ0n) is 8.73. The topological polar surface area (TPSA) is 47.6 Å². The van der Waals surface area contributed by atoms with Gasteiger partial charge in [-0.15, -0.1) is 0 Å². The van der Waals surface area contributed by atoms with Crippen molar-refractivity contribution >= 4 is 5.91 Å². The van der Waals surface area contributed by atoms with Crippen LogP contribution < -0.4 is 10.2 Å². The van der Waals surface area contributed by atoms with Crippen molar-refractivity contribution in [2.75, 3.05) is 13.7 Å². The molecule has 0 aliphatic carbocycles. The number of hydrogen-bond acceptors (Lipinski definition) is 3. The molecule has 0 heterocycles. The maximum atomic E-state index is 11.0. The fourth-order valence-corrected chi connectivity index (χ4v) is 1.10. The first-order valence-corrected chi connectivity index (χ1v) is 4.82. The number of hydrogen-bond donors (Lipinski definition) is 1. The van der Waals surface area contributed by atoms with E-state index in [0.29, 0.717) is 19.4 Å². The average Bonchev–Trinajstić information content (AvgIpc) is 2.26. The van der Waals surface area contributed by atoms with Gasteiger partial charge in [-0.1, -0.05) is 18.2 Å². The number of rotatable bonds is 6. The van der Waals surface area contributed by atoms with Crippen molar-refractivity contribution in [3.8, 4) is 5.75 Å². The lowest BCUT2D eigenvalue weighted by molar-refractivity contribution is -0.131. The predicted molar refractivity (Wildman–Crippen MR) is 56.3 cm³/mol. The van der Waals surface area contributed by atoms with Crippen molar-refractivity contribution in [1.29, 1.82) is 0 Å². The first kappa shape index (κ1) is 11.5. The van der Waals surface area contributed by atoms with Gasteiger partial charge in [-0.3, -0.25) is 9.63 Å². The summed E-state index contributed by atoms with van der Waals surface area (Å²) >= 11 is 0. The molecule has 1 N–H and O–H groups in total. The monoisotopic (exact) mass is 209 g/mol. The Balaban J connectivity index is 2.10. The molecule has 0 aliphatic rings. The van der Waals surface area contributed by atoms with Crippen LogP contribution in [-0.2, 0) is 9.63 Å². The van der Waals surface area contributed by atoms with Gasteiger partial charge in [0.15, 0.2) is 0 Å².